The Morgan fingerprint density at radius 2 is 2.21 bits per heavy atom. The van der Waals surface area contributed by atoms with Crippen LogP contribution in [0.2, 0.25) is 0 Å². The van der Waals surface area contributed by atoms with Crippen LogP contribution in [0.1, 0.15) is 32.3 Å². The minimum Gasteiger partial charge on any atom is -0.317 e. The van der Waals surface area contributed by atoms with Gasteiger partial charge in [-0.15, -0.1) is 0 Å². The summed E-state index contributed by atoms with van der Waals surface area (Å²) in [6.07, 6.45) is 3.80. The highest BCUT2D eigenvalue weighted by molar-refractivity contribution is 7.07. The van der Waals surface area contributed by atoms with Crippen molar-refractivity contribution in [2.24, 2.45) is 5.92 Å². The molecule has 0 aliphatic rings. The van der Waals surface area contributed by atoms with Crippen LogP contribution in [-0.4, -0.2) is 13.1 Å². The van der Waals surface area contributed by atoms with Gasteiger partial charge < -0.3 is 5.32 Å². The lowest BCUT2D eigenvalue weighted by Crippen LogP contribution is -2.30. The molecule has 0 spiro atoms. The van der Waals surface area contributed by atoms with Gasteiger partial charge in [-0.05, 0) is 54.6 Å². The van der Waals surface area contributed by atoms with Gasteiger partial charge in [0.25, 0.3) is 0 Å². The van der Waals surface area contributed by atoms with Crippen LogP contribution in [0.3, 0.4) is 0 Å². The lowest BCUT2D eigenvalue weighted by Gasteiger charge is -2.19. The maximum absolute atomic E-state index is 3.38. The molecule has 0 bridgehead atoms. The van der Waals surface area contributed by atoms with E-state index in [9.17, 15) is 0 Å². The zero-order valence-electron chi connectivity index (χ0n) is 9.42. The van der Waals surface area contributed by atoms with Crippen LogP contribution >= 0.6 is 11.3 Å². The zero-order valence-corrected chi connectivity index (χ0v) is 10.2. The van der Waals surface area contributed by atoms with Gasteiger partial charge in [0.2, 0.25) is 0 Å². The quantitative estimate of drug-likeness (QED) is 0.761. The Labute approximate surface area is 91.5 Å². The van der Waals surface area contributed by atoms with Gasteiger partial charge in [0.1, 0.15) is 0 Å². The monoisotopic (exact) mass is 211 g/mol. The maximum atomic E-state index is 3.38. The van der Waals surface area contributed by atoms with E-state index in [2.05, 4.69) is 43.0 Å². The molecule has 0 saturated carbocycles. The highest BCUT2D eigenvalue weighted by atomic mass is 32.1. The Bertz CT molecular complexity index is 228. The molecule has 0 fully saturated rings. The average molecular weight is 211 g/mol. The molecule has 2 heteroatoms. The number of thiophene rings is 1. The van der Waals surface area contributed by atoms with Crippen LogP contribution in [0.25, 0.3) is 0 Å². The zero-order chi connectivity index (χ0) is 10.4. The Morgan fingerprint density at radius 3 is 2.71 bits per heavy atom. The SMILES string of the molecule is CNC(CCCc1ccsc1)C(C)C. The summed E-state index contributed by atoms with van der Waals surface area (Å²) >= 11 is 1.79. The fourth-order valence-electron chi connectivity index (χ4n) is 1.77. The van der Waals surface area contributed by atoms with Gasteiger partial charge in [-0.1, -0.05) is 13.8 Å². The molecule has 1 unspecified atom stereocenters. The molecule has 0 aliphatic heterocycles. The van der Waals surface area contributed by atoms with Crippen molar-refractivity contribution in [3.63, 3.8) is 0 Å². The van der Waals surface area contributed by atoms with E-state index in [1.165, 1.54) is 24.8 Å². The van der Waals surface area contributed by atoms with Gasteiger partial charge in [-0.25, -0.2) is 0 Å². The van der Waals surface area contributed by atoms with E-state index in [0.717, 1.165) is 5.92 Å². The third-order valence-corrected chi connectivity index (χ3v) is 3.47. The summed E-state index contributed by atoms with van der Waals surface area (Å²) in [5, 5.41) is 7.80. The van der Waals surface area contributed by atoms with Gasteiger partial charge in [-0.3, -0.25) is 0 Å². The van der Waals surface area contributed by atoms with Gasteiger partial charge in [0.15, 0.2) is 0 Å². The number of hydrogen-bond acceptors (Lipinski definition) is 2. The van der Waals surface area contributed by atoms with Crippen LogP contribution in [0, 0.1) is 5.92 Å². The first kappa shape index (κ1) is 11.7. The van der Waals surface area contributed by atoms with Crippen LogP contribution in [0.4, 0.5) is 0 Å². The lowest BCUT2D eigenvalue weighted by molar-refractivity contribution is 0.394. The third kappa shape index (κ3) is 3.81. The van der Waals surface area contributed by atoms with Crippen molar-refractivity contribution in [1.29, 1.82) is 0 Å². The summed E-state index contributed by atoms with van der Waals surface area (Å²) in [5.74, 6) is 0.738. The van der Waals surface area contributed by atoms with Gasteiger partial charge in [-0.2, -0.15) is 11.3 Å². The van der Waals surface area contributed by atoms with Crippen molar-refractivity contribution in [3.8, 4) is 0 Å². The molecular formula is C12H21NS. The Balaban J connectivity index is 2.20. The molecule has 1 N–H and O–H groups in total. The second-order valence-electron chi connectivity index (χ2n) is 4.16. The van der Waals surface area contributed by atoms with Gasteiger partial charge in [0, 0.05) is 6.04 Å². The molecule has 0 amide bonds. The number of nitrogens with one attached hydrogen (secondary N) is 1. The van der Waals surface area contributed by atoms with E-state index < -0.39 is 0 Å². The molecule has 1 rings (SSSR count). The summed E-state index contributed by atoms with van der Waals surface area (Å²) in [4.78, 5) is 0. The standard InChI is InChI=1S/C12H21NS/c1-10(2)12(13-3)6-4-5-11-7-8-14-9-11/h7-10,12-13H,4-6H2,1-3H3. The minimum atomic E-state index is 0.675. The van der Waals surface area contributed by atoms with Crippen molar-refractivity contribution in [3.05, 3.63) is 22.4 Å². The van der Waals surface area contributed by atoms with E-state index in [4.69, 9.17) is 0 Å². The molecule has 0 saturated heterocycles. The van der Waals surface area contributed by atoms with Crippen LogP contribution < -0.4 is 5.32 Å². The molecule has 1 aromatic rings. The number of rotatable bonds is 6. The largest absolute Gasteiger partial charge is 0.317 e. The molecule has 0 radical (unpaired) electrons. The van der Waals surface area contributed by atoms with Crippen molar-refractivity contribution in [2.75, 3.05) is 7.05 Å². The molecule has 1 heterocycles. The van der Waals surface area contributed by atoms with Gasteiger partial charge >= 0.3 is 0 Å². The minimum absolute atomic E-state index is 0.675. The van der Waals surface area contributed by atoms with Gasteiger partial charge in [0.05, 0.1) is 0 Å². The summed E-state index contributed by atoms with van der Waals surface area (Å²) in [7, 11) is 2.06. The molecule has 1 aromatic heterocycles. The van der Waals surface area contributed by atoms with E-state index in [-0.39, 0.29) is 0 Å². The predicted octanol–water partition coefficient (Wildman–Crippen LogP) is 3.31. The van der Waals surface area contributed by atoms with Crippen LogP contribution in [0.15, 0.2) is 16.8 Å². The fraction of sp³-hybridized carbons (Fsp3) is 0.667. The van der Waals surface area contributed by atoms with Crippen LogP contribution in [-0.2, 0) is 6.42 Å². The molecule has 80 valence electrons. The molecular weight excluding hydrogens is 190 g/mol. The average Bonchev–Trinajstić information content (AvgIpc) is 2.64. The summed E-state index contributed by atoms with van der Waals surface area (Å²) in [5.41, 5.74) is 1.49. The van der Waals surface area contributed by atoms with Crippen molar-refractivity contribution in [2.45, 2.75) is 39.2 Å². The second-order valence-corrected chi connectivity index (χ2v) is 4.94. The van der Waals surface area contributed by atoms with E-state index >= 15 is 0 Å². The van der Waals surface area contributed by atoms with Crippen molar-refractivity contribution in [1.82, 2.24) is 5.32 Å². The topological polar surface area (TPSA) is 12.0 Å². The predicted molar refractivity (Wildman–Crippen MR) is 64.9 cm³/mol. The number of aryl methyl sites for hydroxylation is 1. The summed E-state index contributed by atoms with van der Waals surface area (Å²) in [6, 6.07) is 2.91. The maximum Gasteiger partial charge on any atom is 0.00871 e. The summed E-state index contributed by atoms with van der Waals surface area (Å²) < 4.78 is 0. The molecule has 14 heavy (non-hydrogen) atoms. The molecule has 1 atom stereocenters. The van der Waals surface area contributed by atoms with E-state index in [0.29, 0.717) is 6.04 Å². The summed E-state index contributed by atoms with van der Waals surface area (Å²) in [6.45, 7) is 4.57. The van der Waals surface area contributed by atoms with Crippen molar-refractivity contribution < 1.29 is 0 Å². The highest BCUT2D eigenvalue weighted by Gasteiger charge is 2.09. The number of hydrogen-bond donors (Lipinski definition) is 1. The van der Waals surface area contributed by atoms with E-state index in [1.54, 1.807) is 11.3 Å². The Hall–Kier alpha value is -0.340. The normalized spacial score (nSPS) is 13.4. The highest BCUT2D eigenvalue weighted by Crippen LogP contribution is 2.13. The molecule has 1 nitrogen and oxygen atoms in total. The first-order valence-corrected chi connectivity index (χ1v) is 6.36. The van der Waals surface area contributed by atoms with Crippen LogP contribution in [0.5, 0.6) is 0 Å². The second kappa shape index (κ2) is 6.20. The Kier molecular flexibility index (Phi) is 5.20. The third-order valence-electron chi connectivity index (χ3n) is 2.74. The first-order valence-electron chi connectivity index (χ1n) is 5.42. The lowest BCUT2D eigenvalue weighted by atomic mass is 9.98. The van der Waals surface area contributed by atoms with E-state index in [1.807, 2.05) is 0 Å². The van der Waals surface area contributed by atoms with Crippen molar-refractivity contribution >= 4 is 11.3 Å². The molecule has 0 aliphatic carbocycles. The Morgan fingerprint density at radius 1 is 1.43 bits per heavy atom. The smallest absolute Gasteiger partial charge is 0.00871 e. The first-order chi connectivity index (χ1) is 6.74. The fourth-order valence-corrected chi connectivity index (χ4v) is 2.48. The molecule has 0 aromatic carbocycles.